The number of hydrogen-bond donors (Lipinski definition) is 4. The van der Waals surface area contributed by atoms with Crippen LogP contribution in [0.5, 0.6) is 0 Å². The molecule has 21 heavy (non-hydrogen) atoms. The van der Waals surface area contributed by atoms with Gasteiger partial charge < -0.3 is 22.9 Å². The van der Waals surface area contributed by atoms with E-state index in [4.69, 9.17) is 22.9 Å². The van der Waals surface area contributed by atoms with Crippen molar-refractivity contribution in [2.24, 2.45) is 11.5 Å². The van der Waals surface area contributed by atoms with E-state index in [0.717, 1.165) is 22.5 Å². The third-order valence-electron chi connectivity index (χ3n) is 2.68. The molecule has 2 aromatic rings. The molecule has 0 aromatic heterocycles. The minimum Gasteiger partial charge on any atom is -0.399 e. The van der Waals surface area contributed by atoms with E-state index >= 15 is 0 Å². The average molecular weight is 288 g/mol. The van der Waals surface area contributed by atoms with Crippen molar-refractivity contribution in [3.05, 3.63) is 59.7 Å². The Morgan fingerprint density at radius 3 is 1.52 bits per heavy atom. The van der Waals surface area contributed by atoms with Crippen LogP contribution in [0.25, 0.3) is 0 Å². The van der Waals surface area contributed by atoms with Crippen LogP contribution >= 0.6 is 0 Å². The molecule has 0 saturated carbocycles. The molecule has 0 fully saturated rings. The first-order valence-electron chi connectivity index (χ1n) is 7.18. The Bertz CT molecular complexity index is 475. The van der Waals surface area contributed by atoms with Gasteiger partial charge in [0.05, 0.1) is 0 Å². The third-order valence-corrected chi connectivity index (χ3v) is 2.68. The lowest BCUT2D eigenvalue weighted by atomic mass is 10.1. The Morgan fingerprint density at radius 1 is 0.810 bits per heavy atom. The van der Waals surface area contributed by atoms with Crippen LogP contribution in [-0.2, 0) is 6.54 Å². The van der Waals surface area contributed by atoms with Crippen molar-refractivity contribution in [3.8, 4) is 0 Å². The largest absolute Gasteiger partial charge is 0.399 e. The van der Waals surface area contributed by atoms with Gasteiger partial charge >= 0.3 is 0 Å². The van der Waals surface area contributed by atoms with Gasteiger partial charge in [-0.05, 0) is 42.3 Å². The fraction of sp³-hybridized carbons (Fsp3) is 0.294. The van der Waals surface area contributed by atoms with E-state index in [1.54, 1.807) is 0 Å². The Morgan fingerprint density at radius 2 is 1.19 bits per heavy atom. The van der Waals surface area contributed by atoms with E-state index in [1.165, 1.54) is 0 Å². The molecule has 1 atom stereocenters. The van der Waals surface area contributed by atoms with Crippen LogP contribution in [0, 0.1) is 0 Å². The number of hydrogen-bond acceptors (Lipinski definition) is 4. The Balaban J connectivity index is 0.000000342. The van der Waals surface area contributed by atoms with Gasteiger partial charge in [0.15, 0.2) is 0 Å². The van der Waals surface area contributed by atoms with Crippen LogP contribution in [0.1, 0.15) is 37.9 Å². The molecule has 4 nitrogen and oxygen atoms in total. The van der Waals surface area contributed by atoms with E-state index in [-0.39, 0.29) is 6.04 Å². The summed E-state index contributed by atoms with van der Waals surface area (Å²) in [6.07, 6.45) is 0. The van der Waals surface area contributed by atoms with Crippen molar-refractivity contribution < 1.29 is 0 Å². The highest BCUT2D eigenvalue weighted by Gasteiger charge is 1.95. The molecule has 0 aliphatic rings. The molecule has 0 heterocycles. The molecule has 8 N–H and O–H groups in total. The van der Waals surface area contributed by atoms with Crippen molar-refractivity contribution in [1.82, 2.24) is 0 Å². The average Bonchev–Trinajstić information content (AvgIpc) is 2.51. The van der Waals surface area contributed by atoms with Gasteiger partial charge in [0, 0.05) is 24.0 Å². The second kappa shape index (κ2) is 10.7. The Labute approximate surface area is 128 Å². The summed E-state index contributed by atoms with van der Waals surface area (Å²) in [5, 5.41) is 0. The smallest absolute Gasteiger partial charge is 0.0314 e. The van der Waals surface area contributed by atoms with Crippen molar-refractivity contribution in [1.29, 1.82) is 0 Å². The van der Waals surface area contributed by atoms with Crippen LogP contribution in [0.15, 0.2) is 48.5 Å². The molecular formula is C17H28N4. The molecule has 2 aromatic carbocycles. The molecule has 0 aliphatic heterocycles. The highest BCUT2D eigenvalue weighted by molar-refractivity contribution is 5.40. The number of nitrogen functional groups attached to an aromatic ring is 2. The van der Waals surface area contributed by atoms with E-state index in [9.17, 15) is 0 Å². The Hall–Kier alpha value is -2.04. The summed E-state index contributed by atoms with van der Waals surface area (Å²) in [4.78, 5) is 0. The number of nitrogens with two attached hydrogens (primary N) is 4. The highest BCUT2D eigenvalue weighted by atomic mass is 14.6. The van der Waals surface area contributed by atoms with E-state index < -0.39 is 0 Å². The topological polar surface area (TPSA) is 104 Å². The summed E-state index contributed by atoms with van der Waals surface area (Å²) < 4.78 is 0. The quantitative estimate of drug-likeness (QED) is 0.637. The molecule has 0 bridgehead atoms. The van der Waals surface area contributed by atoms with Crippen LogP contribution in [-0.4, -0.2) is 0 Å². The van der Waals surface area contributed by atoms with Gasteiger partial charge in [0.25, 0.3) is 0 Å². The standard InChI is InChI=1S/C8H12N2.C7H10N2.C2H6/c1-6(9)7-2-4-8(10)5-3-7;8-5-6-1-3-7(9)4-2-6;1-2/h2-6H,9-10H2,1H3;1-4H,5,8-9H2;1-2H3/t6-;;/m0../s1. The van der Waals surface area contributed by atoms with E-state index in [1.807, 2.05) is 69.3 Å². The maximum Gasteiger partial charge on any atom is 0.0314 e. The van der Waals surface area contributed by atoms with Gasteiger partial charge in [-0.15, -0.1) is 0 Å². The fourth-order valence-electron chi connectivity index (χ4n) is 1.45. The highest BCUT2D eigenvalue weighted by Crippen LogP contribution is 2.11. The molecule has 0 saturated heterocycles. The summed E-state index contributed by atoms with van der Waals surface area (Å²) in [7, 11) is 0. The maximum absolute atomic E-state index is 5.62. The zero-order valence-corrected chi connectivity index (χ0v) is 13.2. The molecule has 0 spiro atoms. The van der Waals surface area contributed by atoms with Gasteiger partial charge in [-0.3, -0.25) is 0 Å². The number of benzene rings is 2. The zero-order chi connectivity index (χ0) is 16.3. The molecule has 0 radical (unpaired) electrons. The SMILES string of the molecule is CC.C[C@H](N)c1ccc(N)cc1.NCc1ccc(N)cc1. The van der Waals surface area contributed by atoms with Gasteiger partial charge in [-0.2, -0.15) is 0 Å². The normalized spacial score (nSPS) is 10.5. The maximum atomic E-state index is 5.62. The molecule has 4 heteroatoms. The summed E-state index contributed by atoms with van der Waals surface area (Å²) in [6, 6.07) is 15.3. The summed E-state index contributed by atoms with van der Waals surface area (Å²) in [6.45, 7) is 6.53. The van der Waals surface area contributed by atoms with Crippen molar-refractivity contribution in [2.75, 3.05) is 11.5 Å². The molecular weight excluding hydrogens is 260 g/mol. The molecule has 0 unspecified atom stereocenters. The van der Waals surface area contributed by atoms with Crippen LogP contribution in [0.4, 0.5) is 11.4 Å². The Kier molecular flexibility index (Phi) is 9.67. The lowest BCUT2D eigenvalue weighted by Crippen LogP contribution is -2.04. The van der Waals surface area contributed by atoms with Gasteiger partial charge in [0.2, 0.25) is 0 Å². The number of anilines is 2. The van der Waals surface area contributed by atoms with Gasteiger partial charge in [0.1, 0.15) is 0 Å². The zero-order valence-electron chi connectivity index (χ0n) is 13.2. The van der Waals surface area contributed by atoms with Crippen molar-refractivity contribution in [3.63, 3.8) is 0 Å². The molecule has 116 valence electrons. The van der Waals surface area contributed by atoms with Crippen LogP contribution < -0.4 is 22.9 Å². The van der Waals surface area contributed by atoms with Gasteiger partial charge in [-0.1, -0.05) is 38.1 Å². The summed E-state index contributed by atoms with van der Waals surface area (Å²) in [5.74, 6) is 0. The second-order valence-electron chi connectivity index (χ2n) is 4.40. The molecule has 2 rings (SSSR count). The lowest BCUT2D eigenvalue weighted by Gasteiger charge is -2.03. The minimum atomic E-state index is 0.0978. The summed E-state index contributed by atoms with van der Waals surface area (Å²) >= 11 is 0. The first-order chi connectivity index (χ1) is 10.0. The minimum absolute atomic E-state index is 0.0978. The molecule has 0 amide bonds. The van der Waals surface area contributed by atoms with E-state index in [2.05, 4.69) is 0 Å². The van der Waals surface area contributed by atoms with Gasteiger partial charge in [-0.25, -0.2) is 0 Å². The summed E-state index contributed by atoms with van der Waals surface area (Å²) in [5.41, 5.74) is 25.7. The third kappa shape index (κ3) is 7.97. The lowest BCUT2D eigenvalue weighted by molar-refractivity contribution is 0.818. The monoisotopic (exact) mass is 288 g/mol. The predicted octanol–water partition coefficient (Wildman–Crippen LogP) is 3.04. The second-order valence-corrected chi connectivity index (χ2v) is 4.40. The van der Waals surface area contributed by atoms with Crippen molar-refractivity contribution in [2.45, 2.75) is 33.4 Å². The number of rotatable bonds is 2. The fourth-order valence-corrected chi connectivity index (χ4v) is 1.45. The first-order valence-corrected chi connectivity index (χ1v) is 7.18. The van der Waals surface area contributed by atoms with Crippen LogP contribution in [0.3, 0.4) is 0 Å². The first kappa shape index (κ1) is 19.0. The van der Waals surface area contributed by atoms with Crippen LogP contribution in [0.2, 0.25) is 0 Å². The van der Waals surface area contributed by atoms with E-state index in [0.29, 0.717) is 6.54 Å². The van der Waals surface area contributed by atoms with Crippen molar-refractivity contribution >= 4 is 11.4 Å². The molecule has 0 aliphatic carbocycles. The predicted molar refractivity (Wildman–Crippen MR) is 93.6 cm³/mol.